The van der Waals surface area contributed by atoms with Crippen LogP contribution in [0.25, 0.3) is 0 Å². The summed E-state index contributed by atoms with van der Waals surface area (Å²) in [4.78, 5) is 22.6. The molecule has 1 fully saturated rings. The van der Waals surface area contributed by atoms with Crippen molar-refractivity contribution >= 4 is 11.9 Å². The molecular weight excluding hydrogens is 230 g/mol. The van der Waals surface area contributed by atoms with Gasteiger partial charge in [0.15, 0.2) is 0 Å². The molecule has 1 saturated heterocycles. The minimum absolute atomic E-state index is 0.0264. The van der Waals surface area contributed by atoms with Crippen LogP contribution < -0.4 is 16.0 Å². The van der Waals surface area contributed by atoms with Gasteiger partial charge in [0.1, 0.15) is 0 Å². The first kappa shape index (κ1) is 12.4. The number of hydrogen-bond donors (Lipinski definition) is 3. The number of benzene rings is 1. The van der Waals surface area contributed by atoms with Crippen LogP contribution in [0.4, 0.5) is 4.79 Å². The maximum Gasteiger partial charge on any atom is 0.315 e. The molecule has 0 aromatic heterocycles. The van der Waals surface area contributed by atoms with Crippen molar-refractivity contribution in [3.8, 4) is 0 Å². The molecule has 18 heavy (non-hydrogen) atoms. The maximum atomic E-state index is 11.6. The van der Waals surface area contributed by atoms with Gasteiger partial charge >= 0.3 is 6.03 Å². The molecule has 1 aliphatic heterocycles. The average molecular weight is 247 g/mol. The molecule has 1 aromatic carbocycles. The Bertz CT molecular complexity index is 410. The van der Waals surface area contributed by atoms with E-state index in [1.165, 1.54) is 0 Å². The smallest absolute Gasteiger partial charge is 0.315 e. The van der Waals surface area contributed by atoms with Gasteiger partial charge in [-0.15, -0.1) is 0 Å². The van der Waals surface area contributed by atoms with Crippen LogP contribution in [0.15, 0.2) is 30.3 Å². The van der Waals surface area contributed by atoms with Crippen molar-refractivity contribution < 1.29 is 9.59 Å². The zero-order valence-corrected chi connectivity index (χ0v) is 10.1. The molecule has 0 radical (unpaired) electrons. The van der Waals surface area contributed by atoms with Crippen molar-refractivity contribution in [2.24, 2.45) is 0 Å². The highest BCUT2D eigenvalue weighted by atomic mass is 16.2. The second-order valence-electron chi connectivity index (χ2n) is 4.35. The normalized spacial score (nSPS) is 18.9. The van der Waals surface area contributed by atoms with E-state index < -0.39 is 0 Å². The molecule has 1 aromatic rings. The molecule has 1 aliphatic rings. The second kappa shape index (κ2) is 6.05. The Labute approximate surface area is 106 Å². The monoisotopic (exact) mass is 247 g/mol. The van der Waals surface area contributed by atoms with Crippen molar-refractivity contribution in [3.05, 3.63) is 35.9 Å². The fraction of sp³-hybridized carbons (Fsp3) is 0.385. The SMILES string of the molecule is O=C1CCC(NC(=O)NCc2ccccc2)CN1. The molecule has 3 amide bonds. The van der Waals surface area contributed by atoms with Crippen molar-refractivity contribution in [3.63, 3.8) is 0 Å². The summed E-state index contributed by atoms with van der Waals surface area (Å²) in [5.74, 6) is 0.0535. The molecule has 2 rings (SSSR count). The molecule has 5 nitrogen and oxygen atoms in total. The standard InChI is InChI=1S/C13H17N3O2/c17-12-7-6-11(9-14-12)16-13(18)15-8-10-4-2-1-3-5-10/h1-5,11H,6-9H2,(H,14,17)(H2,15,16,18). The summed E-state index contributed by atoms with van der Waals surface area (Å²) in [5.41, 5.74) is 1.06. The molecule has 3 N–H and O–H groups in total. The molecule has 1 unspecified atom stereocenters. The third kappa shape index (κ3) is 3.76. The highest BCUT2D eigenvalue weighted by Crippen LogP contribution is 2.02. The van der Waals surface area contributed by atoms with Crippen molar-refractivity contribution in [1.29, 1.82) is 0 Å². The lowest BCUT2D eigenvalue weighted by Crippen LogP contribution is -2.50. The quantitative estimate of drug-likeness (QED) is 0.738. The molecular formula is C13H17N3O2. The zero-order valence-electron chi connectivity index (χ0n) is 10.1. The predicted octanol–water partition coefficient (Wildman–Crippen LogP) is 0.764. The summed E-state index contributed by atoms with van der Waals surface area (Å²) in [6.45, 7) is 1.02. The van der Waals surface area contributed by atoms with Crippen LogP contribution in [0, 0.1) is 0 Å². The minimum Gasteiger partial charge on any atom is -0.354 e. The van der Waals surface area contributed by atoms with E-state index in [2.05, 4.69) is 16.0 Å². The summed E-state index contributed by atoms with van der Waals surface area (Å²) in [6.07, 6.45) is 1.17. The number of nitrogens with one attached hydrogen (secondary N) is 3. The van der Waals surface area contributed by atoms with E-state index in [-0.39, 0.29) is 18.0 Å². The lowest BCUT2D eigenvalue weighted by atomic mass is 10.1. The van der Waals surface area contributed by atoms with E-state index in [9.17, 15) is 9.59 Å². The van der Waals surface area contributed by atoms with Gasteiger partial charge in [0.25, 0.3) is 0 Å². The summed E-state index contributed by atoms with van der Waals surface area (Å²) in [7, 11) is 0. The minimum atomic E-state index is -0.194. The predicted molar refractivity (Wildman–Crippen MR) is 67.8 cm³/mol. The van der Waals surface area contributed by atoms with E-state index in [1.54, 1.807) is 0 Å². The largest absolute Gasteiger partial charge is 0.354 e. The van der Waals surface area contributed by atoms with Crippen LogP contribution in [0.3, 0.4) is 0 Å². The van der Waals surface area contributed by atoms with Crippen molar-refractivity contribution in [2.45, 2.75) is 25.4 Å². The second-order valence-corrected chi connectivity index (χ2v) is 4.35. The molecule has 0 bridgehead atoms. The maximum absolute atomic E-state index is 11.6. The molecule has 5 heteroatoms. The average Bonchev–Trinajstić information content (AvgIpc) is 2.40. The Morgan fingerprint density at radius 3 is 2.78 bits per heavy atom. The van der Waals surface area contributed by atoms with Crippen molar-refractivity contribution in [1.82, 2.24) is 16.0 Å². The summed E-state index contributed by atoms with van der Waals surface area (Å²) < 4.78 is 0. The highest BCUT2D eigenvalue weighted by molar-refractivity contribution is 5.78. The first-order chi connectivity index (χ1) is 8.74. The van der Waals surface area contributed by atoms with Gasteiger partial charge in [-0.1, -0.05) is 30.3 Å². The third-order valence-electron chi connectivity index (χ3n) is 2.90. The number of amides is 3. The van der Waals surface area contributed by atoms with E-state index in [1.807, 2.05) is 30.3 Å². The Morgan fingerprint density at radius 2 is 2.11 bits per heavy atom. The van der Waals surface area contributed by atoms with Gasteiger partial charge in [-0.05, 0) is 12.0 Å². The van der Waals surface area contributed by atoms with Crippen LogP contribution in [-0.2, 0) is 11.3 Å². The van der Waals surface area contributed by atoms with Crippen LogP contribution in [0.2, 0.25) is 0 Å². The van der Waals surface area contributed by atoms with Crippen LogP contribution in [-0.4, -0.2) is 24.5 Å². The third-order valence-corrected chi connectivity index (χ3v) is 2.90. The van der Waals surface area contributed by atoms with Crippen molar-refractivity contribution in [2.75, 3.05) is 6.54 Å². The summed E-state index contributed by atoms with van der Waals surface area (Å²) >= 11 is 0. The summed E-state index contributed by atoms with van der Waals surface area (Å²) in [5, 5.41) is 8.37. The Balaban J connectivity index is 1.71. The Hall–Kier alpha value is -2.04. The van der Waals surface area contributed by atoms with Gasteiger partial charge in [0.05, 0.1) is 0 Å². The number of urea groups is 1. The van der Waals surface area contributed by atoms with Crippen LogP contribution >= 0.6 is 0 Å². The fourth-order valence-electron chi connectivity index (χ4n) is 1.87. The molecule has 1 heterocycles. The highest BCUT2D eigenvalue weighted by Gasteiger charge is 2.19. The number of carbonyl (C=O) groups excluding carboxylic acids is 2. The lowest BCUT2D eigenvalue weighted by molar-refractivity contribution is -0.122. The van der Waals surface area contributed by atoms with Gasteiger partial charge in [-0.3, -0.25) is 4.79 Å². The lowest BCUT2D eigenvalue weighted by Gasteiger charge is -2.23. The van der Waals surface area contributed by atoms with E-state index in [4.69, 9.17) is 0 Å². The first-order valence-electron chi connectivity index (χ1n) is 6.09. The number of carbonyl (C=O) groups is 2. The molecule has 0 saturated carbocycles. The van der Waals surface area contributed by atoms with E-state index in [0.29, 0.717) is 25.9 Å². The van der Waals surface area contributed by atoms with Gasteiger partial charge in [0, 0.05) is 25.6 Å². The molecule has 0 aliphatic carbocycles. The van der Waals surface area contributed by atoms with Gasteiger partial charge in [0.2, 0.25) is 5.91 Å². The Morgan fingerprint density at radius 1 is 1.33 bits per heavy atom. The van der Waals surface area contributed by atoms with E-state index >= 15 is 0 Å². The fourth-order valence-corrected chi connectivity index (χ4v) is 1.87. The molecule has 0 spiro atoms. The topological polar surface area (TPSA) is 70.2 Å². The molecule has 1 atom stereocenters. The first-order valence-corrected chi connectivity index (χ1v) is 6.09. The van der Waals surface area contributed by atoms with Crippen LogP contribution in [0.1, 0.15) is 18.4 Å². The zero-order chi connectivity index (χ0) is 12.8. The number of piperidine rings is 1. The Kier molecular flexibility index (Phi) is 4.17. The van der Waals surface area contributed by atoms with Gasteiger partial charge < -0.3 is 16.0 Å². The van der Waals surface area contributed by atoms with Gasteiger partial charge in [-0.25, -0.2) is 4.79 Å². The van der Waals surface area contributed by atoms with Gasteiger partial charge in [-0.2, -0.15) is 0 Å². The number of rotatable bonds is 3. The van der Waals surface area contributed by atoms with E-state index in [0.717, 1.165) is 5.56 Å². The number of hydrogen-bond acceptors (Lipinski definition) is 2. The molecule has 96 valence electrons. The van der Waals surface area contributed by atoms with Crippen LogP contribution in [0.5, 0.6) is 0 Å². The summed E-state index contributed by atoms with van der Waals surface area (Å²) in [6, 6.07) is 9.56.